The quantitative estimate of drug-likeness (QED) is 0.815. The summed E-state index contributed by atoms with van der Waals surface area (Å²) in [7, 11) is 0. The molecule has 1 N–H and O–H groups in total. The summed E-state index contributed by atoms with van der Waals surface area (Å²) in [6.45, 7) is -0.327. The normalized spacial score (nSPS) is 13.7. The van der Waals surface area contributed by atoms with Crippen molar-refractivity contribution < 1.29 is 23.5 Å². The van der Waals surface area contributed by atoms with E-state index in [0.29, 0.717) is 5.92 Å². The van der Waals surface area contributed by atoms with Gasteiger partial charge in [-0.2, -0.15) is 0 Å². The molecule has 1 saturated carbocycles. The van der Waals surface area contributed by atoms with Crippen LogP contribution in [0.15, 0.2) is 23.6 Å². The first kappa shape index (κ1) is 17.5. The van der Waals surface area contributed by atoms with Gasteiger partial charge in [0.1, 0.15) is 5.69 Å². The predicted molar refractivity (Wildman–Crippen MR) is 87.4 cm³/mol. The van der Waals surface area contributed by atoms with Crippen LogP contribution in [0.4, 0.5) is 8.78 Å². The standard InChI is InChI=1S/C17H16F2N2O3S/c18-12-3-1-2-11(15(12)19)8-21(7-6-14(22)23)17(24)13-9-25-16(20-13)10-4-5-10/h1-3,9-10H,4-8H2,(H,22,23). The molecule has 1 aromatic carbocycles. The van der Waals surface area contributed by atoms with Crippen LogP contribution in [-0.4, -0.2) is 33.4 Å². The molecule has 0 atom stereocenters. The van der Waals surface area contributed by atoms with Gasteiger partial charge >= 0.3 is 5.97 Å². The van der Waals surface area contributed by atoms with E-state index in [9.17, 15) is 18.4 Å². The molecule has 0 aliphatic heterocycles. The zero-order valence-corrected chi connectivity index (χ0v) is 14.1. The van der Waals surface area contributed by atoms with Gasteiger partial charge in [0.05, 0.1) is 11.4 Å². The highest BCUT2D eigenvalue weighted by molar-refractivity contribution is 7.10. The molecule has 0 bridgehead atoms. The minimum Gasteiger partial charge on any atom is -0.481 e. The third-order valence-corrected chi connectivity index (χ3v) is 4.95. The van der Waals surface area contributed by atoms with E-state index in [4.69, 9.17) is 5.11 Å². The van der Waals surface area contributed by atoms with E-state index in [0.717, 1.165) is 23.9 Å². The van der Waals surface area contributed by atoms with E-state index in [2.05, 4.69) is 4.98 Å². The number of benzene rings is 1. The van der Waals surface area contributed by atoms with E-state index >= 15 is 0 Å². The Morgan fingerprint density at radius 2 is 2.08 bits per heavy atom. The number of amides is 1. The fraction of sp³-hybridized carbons (Fsp3) is 0.353. The van der Waals surface area contributed by atoms with Crippen LogP contribution in [0.25, 0.3) is 0 Å². The molecular formula is C17H16F2N2O3S. The summed E-state index contributed by atoms with van der Waals surface area (Å²) in [4.78, 5) is 29.0. The van der Waals surface area contributed by atoms with Gasteiger partial charge in [0.2, 0.25) is 0 Å². The Hall–Kier alpha value is -2.35. The van der Waals surface area contributed by atoms with Gasteiger partial charge in [0.25, 0.3) is 5.91 Å². The highest BCUT2D eigenvalue weighted by Crippen LogP contribution is 2.41. The van der Waals surface area contributed by atoms with Crippen molar-refractivity contribution in [3.63, 3.8) is 0 Å². The number of carboxylic acids is 1. The Labute approximate surface area is 146 Å². The topological polar surface area (TPSA) is 70.5 Å². The molecule has 1 amide bonds. The monoisotopic (exact) mass is 366 g/mol. The number of aliphatic carboxylic acids is 1. The number of hydrogen-bond acceptors (Lipinski definition) is 4. The lowest BCUT2D eigenvalue weighted by Gasteiger charge is -2.21. The van der Waals surface area contributed by atoms with E-state index in [-0.39, 0.29) is 30.8 Å². The molecule has 25 heavy (non-hydrogen) atoms. The van der Waals surface area contributed by atoms with Crippen LogP contribution in [0.2, 0.25) is 0 Å². The maximum atomic E-state index is 13.9. The third-order valence-electron chi connectivity index (χ3n) is 3.94. The second-order valence-corrected chi connectivity index (χ2v) is 6.82. The molecule has 1 heterocycles. The lowest BCUT2D eigenvalue weighted by atomic mass is 10.1. The summed E-state index contributed by atoms with van der Waals surface area (Å²) in [6, 6.07) is 3.71. The fourth-order valence-electron chi connectivity index (χ4n) is 2.42. The van der Waals surface area contributed by atoms with Crippen molar-refractivity contribution >= 4 is 23.2 Å². The van der Waals surface area contributed by atoms with Crippen LogP contribution in [-0.2, 0) is 11.3 Å². The van der Waals surface area contributed by atoms with Gasteiger partial charge in [-0.15, -0.1) is 11.3 Å². The number of rotatable bonds is 7. The molecule has 1 aliphatic rings. The third kappa shape index (κ3) is 4.19. The Balaban J connectivity index is 1.80. The average molecular weight is 366 g/mol. The average Bonchev–Trinajstić information content (AvgIpc) is 3.31. The first-order chi connectivity index (χ1) is 12.0. The second kappa shape index (κ2) is 7.26. The Morgan fingerprint density at radius 1 is 1.32 bits per heavy atom. The summed E-state index contributed by atoms with van der Waals surface area (Å²) >= 11 is 1.39. The molecule has 2 aromatic rings. The van der Waals surface area contributed by atoms with Crippen molar-refractivity contribution in [3.8, 4) is 0 Å². The SMILES string of the molecule is O=C(O)CCN(Cc1cccc(F)c1F)C(=O)c1csc(C2CC2)n1. The Bertz CT molecular complexity index is 805. The van der Waals surface area contributed by atoms with Crippen molar-refractivity contribution in [1.82, 2.24) is 9.88 Å². The van der Waals surface area contributed by atoms with Crippen LogP contribution < -0.4 is 0 Å². The number of thiazole rings is 1. The number of carbonyl (C=O) groups is 2. The van der Waals surface area contributed by atoms with Crippen molar-refractivity contribution in [2.75, 3.05) is 6.54 Å². The number of nitrogens with zero attached hydrogens (tertiary/aromatic N) is 2. The molecule has 132 valence electrons. The van der Waals surface area contributed by atoms with Gasteiger partial charge in [-0.05, 0) is 18.9 Å². The summed E-state index contributed by atoms with van der Waals surface area (Å²) in [5.74, 6) is -3.19. The van der Waals surface area contributed by atoms with E-state index < -0.39 is 23.5 Å². The number of carbonyl (C=O) groups excluding carboxylic acids is 1. The molecule has 8 heteroatoms. The molecule has 1 fully saturated rings. The summed E-state index contributed by atoms with van der Waals surface area (Å²) in [5.41, 5.74) is 0.213. The van der Waals surface area contributed by atoms with Gasteiger partial charge in [0, 0.05) is 30.0 Å². The maximum absolute atomic E-state index is 13.9. The lowest BCUT2D eigenvalue weighted by molar-refractivity contribution is -0.137. The lowest BCUT2D eigenvalue weighted by Crippen LogP contribution is -2.33. The molecule has 0 radical (unpaired) electrons. The van der Waals surface area contributed by atoms with Crippen molar-refractivity contribution in [3.05, 3.63) is 51.5 Å². The molecule has 0 unspecified atom stereocenters. The van der Waals surface area contributed by atoms with Crippen LogP contribution in [0.3, 0.4) is 0 Å². The van der Waals surface area contributed by atoms with Crippen molar-refractivity contribution in [2.45, 2.75) is 31.7 Å². The maximum Gasteiger partial charge on any atom is 0.305 e. The van der Waals surface area contributed by atoms with Crippen LogP contribution >= 0.6 is 11.3 Å². The van der Waals surface area contributed by atoms with E-state index in [1.165, 1.54) is 28.4 Å². The Kier molecular flexibility index (Phi) is 5.08. The zero-order valence-electron chi connectivity index (χ0n) is 13.2. The summed E-state index contributed by atoms with van der Waals surface area (Å²) < 4.78 is 27.3. The molecule has 0 spiro atoms. The molecule has 0 saturated heterocycles. The first-order valence-corrected chi connectivity index (χ1v) is 8.73. The molecule has 5 nitrogen and oxygen atoms in total. The zero-order chi connectivity index (χ0) is 18.0. The van der Waals surface area contributed by atoms with Crippen LogP contribution in [0.5, 0.6) is 0 Å². The van der Waals surface area contributed by atoms with Gasteiger partial charge < -0.3 is 10.0 Å². The predicted octanol–water partition coefficient (Wildman–Crippen LogP) is 3.42. The summed E-state index contributed by atoms with van der Waals surface area (Å²) in [5, 5.41) is 11.4. The second-order valence-electron chi connectivity index (χ2n) is 5.93. The number of carboxylic acid groups (broad SMARTS) is 1. The Morgan fingerprint density at radius 3 is 2.76 bits per heavy atom. The van der Waals surface area contributed by atoms with Gasteiger partial charge in [-0.1, -0.05) is 12.1 Å². The van der Waals surface area contributed by atoms with Crippen molar-refractivity contribution in [2.24, 2.45) is 0 Å². The fourth-order valence-corrected chi connectivity index (χ4v) is 3.39. The van der Waals surface area contributed by atoms with Gasteiger partial charge in [-0.3, -0.25) is 9.59 Å². The first-order valence-electron chi connectivity index (χ1n) is 7.85. The van der Waals surface area contributed by atoms with E-state index in [1.807, 2.05) is 0 Å². The smallest absolute Gasteiger partial charge is 0.305 e. The molecule has 1 aromatic heterocycles. The van der Waals surface area contributed by atoms with Crippen molar-refractivity contribution in [1.29, 1.82) is 0 Å². The highest BCUT2D eigenvalue weighted by atomic mass is 32.1. The minimum absolute atomic E-state index is 0.00335. The summed E-state index contributed by atoms with van der Waals surface area (Å²) in [6.07, 6.45) is 1.82. The number of aromatic nitrogens is 1. The van der Waals surface area contributed by atoms with Crippen LogP contribution in [0, 0.1) is 11.6 Å². The van der Waals surface area contributed by atoms with E-state index in [1.54, 1.807) is 5.38 Å². The molecule has 1 aliphatic carbocycles. The largest absolute Gasteiger partial charge is 0.481 e. The van der Waals surface area contributed by atoms with Crippen LogP contribution in [0.1, 0.15) is 46.2 Å². The highest BCUT2D eigenvalue weighted by Gasteiger charge is 2.29. The number of hydrogen-bond donors (Lipinski definition) is 1. The minimum atomic E-state index is -1.07. The molecular weight excluding hydrogens is 350 g/mol. The van der Waals surface area contributed by atoms with Gasteiger partial charge in [0.15, 0.2) is 11.6 Å². The van der Waals surface area contributed by atoms with Gasteiger partial charge in [-0.25, -0.2) is 13.8 Å². The molecule has 3 rings (SSSR count). The number of halogens is 2.